The van der Waals surface area contributed by atoms with Crippen molar-refractivity contribution in [3.05, 3.63) is 35.4 Å². The molecule has 0 saturated heterocycles. The summed E-state index contributed by atoms with van der Waals surface area (Å²) in [6.45, 7) is 7.11. The zero-order valence-electron chi connectivity index (χ0n) is 16.2. The Balaban J connectivity index is 2.50. The lowest BCUT2D eigenvalue weighted by Crippen LogP contribution is -2.29. The number of hydrogen-bond donors (Lipinski definition) is 2. The van der Waals surface area contributed by atoms with E-state index in [1.165, 1.54) is 19.1 Å². The number of carboxylic acid groups (broad SMARTS) is 1. The van der Waals surface area contributed by atoms with E-state index in [1.54, 1.807) is 12.1 Å². The highest BCUT2D eigenvalue weighted by atomic mass is 16.7. The fourth-order valence-corrected chi connectivity index (χ4v) is 2.46. The van der Waals surface area contributed by atoms with Crippen molar-refractivity contribution in [1.29, 1.82) is 0 Å². The van der Waals surface area contributed by atoms with E-state index in [9.17, 15) is 19.2 Å². The molecule has 1 rings (SSSR count). The first-order valence-corrected chi connectivity index (χ1v) is 8.79. The van der Waals surface area contributed by atoms with Gasteiger partial charge >= 0.3 is 11.9 Å². The summed E-state index contributed by atoms with van der Waals surface area (Å²) in [5.41, 5.74) is 2.87. The van der Waals surface area contributed by atoms with Crippen molar-refractivity contribution < 1.29 is 29.1 Å². The molecule has 0 saturated carbocycles. The third kappa shape index (κ3) is 8.99. The van der Waals surface area contributed by atoms with Gasteiger partial charge in [0.15, 0.2) is 0 Å². The Kier molecular flexibility index (Phi) is 8.15. The van der Waals surface area contributed by atoms with Gasteiger partial charge in [-0.05, 0) is 42.9 Å². The molecule has 0 aliphatic heterocycles. The molecular weight excluding hydrogens is 350 g/mol. The minimum absolute atomic E-state index is 0.0419. The molecule has 1 unspecified atom stereocenters. The van der Waals surface area contributed by atoms with Crippen LogP contribution in [0.25, 0.3) is 0 Å². The lowest BCUT2D eigenvalue weighted by molar-refractivity contribution is -0.160. The molecule has 0 heterocycles. The van der Waals surface area contributed by atoms with Crippen LogP contribution in [-0.2, 0) is 25.6 Å². The van der Waals surface area contributed by atoms with Gasteiger partial charge in [0, 0.05) is 12.3 Å². The molecule has 0 aromatic heterocycles. The van der Waals surface area contributed by atoms with Crippen molar-refractivity contribution in [1.82, 2.24) is 5.48 Å². The van der Waals surface area contributed by atoms with E-state index in [1.807, 2.05) is 20.8 Å². The minimum atomic E-state index is -1.01. The van der Waals surface area contributed by atoms with E-state index in [2.05, 4.69) is 5.48 Å². The lowest BCUT2D eigenvalue weighted by atomic mass is 9.91. The number of carboxylic acids is 1. The average molecular weight is 377 g/mol. The van der Waals surface area contributed by atoms with Crippen LogP contribution in [0.4, 0.5) is 0 Å². The summed E-state index contributed by atoms with van der Waals surface area (Å²) in [5.74, 6) is -2.43. The number of hydrogen-bond acceptors (Lipinski definition) is 5. The van der Waals surface area contributed by atoms with Gasteiger partial charge in [-0.15, -0.1) is 0 Å². The third-order valence-corrected chi connectivity index (χ3v) is 3.93. The topological polar surface area (TPSA) is 110 Å². The Labute approximate surface area is 159 Å². The number of ketones is 1. The molecule has 7 nitrogen and oxygen atoms in total. The predicted octanol–water partition coefficient (Wildman–Crippen LogP) is 2.92. The molecule has 2 N–H and O–H groups in total. The Morgan fingerprint density at radius 1 is 1.11 bits per heavy atom. The van der Waals surface area contributed by atoms with Gasteiger partial charge < -0.3 is 9.94 Å². The minimum Gasteiger partial charge on any atom is -0.478 e. The quantitative estimate of drug-likeness (QED) is 0.674. The molecule has 7 heteroatoms. The van der Waals surface area contributed by atoms with Crippen LogP contribution in [0.2, 0.25) is 0 Å². The predicted molar refractivity (Wildman–Crippen MR) is 98.8 cm³/mol. The summed E-state index contributed by atoms with van der Waals surface area (Å²) in [4.78, 5) is 50.9. The first-order chi connectivity index (χ1) is 12.5. The Morgan fingerprint density at radius 2 is 1.70 bits per heavy atom. The van der Waals surface area contributed by atoms with Gasteiger partial charge in [-0.2, -0.15) is 5.48 Å². The van der Waals surface area contributed by atoms with Gasteiger partial charge in [0.05, 0.1) is 12.0 Å². The zero-order valence-corrected chi connectivity index (χ0v) is 16.2. The maximum Gasteiger partial charge on any atom is 0.335 e. The van der Waals surface area contributed by atoms with Gasteiger partial charge in [-0.3, -0.25) is 9.59 Å². The van der Waals surface area contributed by atoms with E-state index in [-0.39, 0.29) is 35.5 Å². The second-order valence-electron chi connectivity index (χ2n) is 7.79. The van der Waals surface area contributed by atoms with E-state index in [4.69, 9.17) is 9.94 Å². The monoisotopic (exact) mass is 377 g/mol. The molecule has 0 radical (unpaired) electrons. The molecule has 0 aliphatic rings. The highest BCUT2D eigenvalue weighted by Crippen LogP contribution is 2.19. The summed E-state index contributed by atoms with van der Waals surface area (Å²) in [5, 5.41) is 8.91. The van der Waals surface area contributed by atoms with Gasteiger partial charge in [-0.25, -0.2) is 9.59 Å². The molecule has 0 aliphatic carbocycles. The maximum atomic E-state index is 11.8. The summed E-state index contributed by atoms with van der Waals surface area (Å²) in [6.07, 6.45) is 0.931. The summed E-state index contributed by atoms with van der Waals surface area (Å²) in [6, 6.07) is 6.29. The molecule has 1 amide bonds. The highest BCUT2D eigenvalue weighted by molar-refractivity contribution is 5.87. The van der Waals surface area contributed by atoms with Crippen molar-refractivity contribution in [3.8, 4) is 0 Å². The normalized spacial score (nSPS) is 12.1. The number of amides is 1. The fourth-order valence-electron chi connectivity index (χ4n) is 2.46. The number of Topliss-reactive ketones (excluding diaryl/α,β-unsaturated/α-hetero) is 1. The highest BCUT2D eigenvalue weighted by Gasteiger charge is 2.20. The Bertz CT molecular complexity index is 687. The standard InChI is InChI=1S/C20H27NO6/c1-13(22)16(11-14-5-7-15(8-6-14)19(25)26)9-10-17(23)21-27-18(24)12-20(2,3)4/h5-8,16H,9-12H2,1-4H3,(H,21,23)(H,25,26). The van der Waals surface area contributed by atoms with E-state index in [0.717, 1.165) is 5.56 Å². The maximum absolute atomic E-state index is 11.8. The Morgan fingerprint density at radius 3 is 2.19 bits per heavy atom. The van der Waals surface area contributed by atoms with Crippen LogP contribution in [0.5, 0.6) is 0 Å². The molecule has 0 spiro atoms. The van der Waals surface area contributed by atoms with Gasteiger partial charge in [0.1, 0.15) is 5.78 Å². The van der Waals surface area contributed by atoms with Crippen molar-refractivity contribution in [2.24, 2.45) is 11.3 Å². The van der Waals surface area contributed by atoms with Crippen LogP contribution in [0, 0.1) is 11.3 Å². The number of rotatable bonds is 8. The first-order valence-electron chi connectivity index (χ1n) is 8.79. The number of carbonyl (C=O) groups excluding carboxylic acids is 3. The van der Waals surface area contributed by atoms with Crippen LogP contribution in [0.1, 0.15) is 62.9 Å². The zero-order chi connectivity index (χ0) is 20.6. The van der Waals surface area contributed by atoms with Crippen molar-refractivity contribution in [3.63, 3.8) is 0 Å². The van der Waals surface area contributed by atoms with E-state index in [0.29, 0.717) is 12.8 Å². The molecular formula is C20H27NO6. The first kappa shape index (κ1) is 22.3. The average Bonchev–Trinajstić information content (AvgIpc) is 2.55. The van der Waals surface area contributed by atoms with Gasteiger partial charge in [-0.1, -0.05) is 32.9 Å². The van der Waals surface area contributed by atoms with Crippen molar-refractivity contribution in [2.75, 3.05) is 0 Å². The lowest BCUT2D eigenvalue weighted by Gasteiger charge is -2.17. The molecule has 148 valence electrons. The summed E-state index contributed by atoms with van der Waals surface area (Å²) < 4.78 is 0. The molecule has 27 heavy (non-hydrogen) atoms. The smallest absolute Gasteiger partial charge is 0.335 e. The fraction of sp³-hybridized carbons (Fsp3) is 0.500. The number of benzene rings is 1. The number of nitrogens with one attached hydrogen (secondary N) is 1. The third-order valence-electron chi connectivity index (χ3n) is 3.93. The second kappa shape index (κ2) is 9.85. The van der Waals surface area contributed by atoms with E-state index >= 15 is 0 Å². The van der Waals surface area contributed by atoms with Crippen LogP contribution < -0.4 is 5.48 Å². The molecule has 0 fully saturated rings. The SMILES string of the molecule is CC(=O)C(CCC(=O)NOC(=O)CC(C)(C)C)Cc1ccc(C(=O)O)cc1. The Hall–Kier alpha value is -2.70. The van der Waals surface area contributed by atoms with Crippen LogP contribution in [0.3, 0.4) is 0 Å². The van der Waals surface area contributed by atoms with Gasteiger partial charge in [0.25, 0.3) is 5.91 Å². The van der Waals surface area contributed by atoms with Crippen molar-refractivity contribution in [2.45, 2.75) is 53.4 Å². The summed E-state index contributed by atoms with van der Waals surface area (Å²) >= 11 is 0. The molecule has 1 atom stereocenters. The van der Waals surface area contributed by atoms with Crippen molar-refractivity contribution >= 4 is 23.6 Å². The number of aromatic carboxylic acids is 1. The number of carbonyl (C=O) groups is 4. The van der Waals surface area contributed by atoms with E-state index < -0.39 is 17.8 Å². The second-order valence-corrected chi connectivity index (χ2v) is 7.79. The van der Waals surface area contributed by atoms with Crippen LogP contribution in [0.15, 0.2) is 24.3 Å². The largest absolute Gasteiger partial charge is 0.478 e. The number of hydroxylamine groups is 1. The van der Waals surface area contributed by atoms with Gasteiger partial charge in [0.2, 0.25) is 0 Å². The molecule has 1 aromatic rings. The molecule has 0 bridgehead atoms. The van der Waals surface area contributed by atoms with Crippen LogP contribution in [-0.4, -0.2) is 28.7 Å². The summed E-state index contributed by atoms with van der Waals surface area (Å²) in [7, 11) is 0. The molecule has 1 aromatic carbocycles. The van der Waals surface area contributed by atoms with Crippen LogP contribution >= 0.6 is 0 Å².